The predicted molar refractivity (Wildman–Crippen MR) is 34.9 cm³/mol. The average molecular weight is 167 g/mol. The summed E-state index contributed by atoms with van der Waals surface area (Å²) in [6, 6.07) is 0. The lowest BCUT2D eigenvalue weighted by Gasteiger charge is -2.49. The van der Waals surface area contributed by atoms with Crippen LogP contribution in [0.3, 0.4) is 0 Å². The maximum Gasteiger partial charge on any atom is 0.379 e. The van der Waals surface area contributed by atoms with E-state index in [4.69, 9.17) is 9.79 Å². The van der Waals surface area contributed by atoms with Crippen molar-refractivity contribution in [3.8, 4) is 0 Å². The van der Waals surface area contributed by atoms with E-state index < -0.39 is 18.5 Å². The minimum absolute atomic E-state index is 0.352. The summed E-state index contributed by atoms with van der Waals surface area (Å²) < 4.78 is 9.61. The minimum Gasteiger partial charge on any atom is -0.632 e. The Labute approximate surface area is 58.6 Å². The molecule has 1 aliphatic heterocycles. The van der Waals surface area contributed by atoms with Crippen molar-refractivity contribution in [2.24, 2.45) is 0 Å². The van der Waals surface area contributed by atoms with Crippen LogP contribution < -0.4 is 0 Å². The Bertz CT molecular complexity index is 172. The van der Waals surface area contributed by atoms with Gasteiger partial charge in [-0.3, -0.25) is 4.57 Å². The minimum atomic E-state index is -4.09. The van der Waals surface area contributed by atoms with Crippen LogP contribution in [0.1, 0.15) is 6.42 Å². The lowest BCUT2D eigenvalue weighted by molar-refractivity contribution is -0.908. The highest BCUT2D eigenvalue weighted by Gasteiger charge is 2.33. The molecule has 1 rings (SSSR count). The molecule has 0 radical (unpaired) electrons. The number of nitrogens with zero attached hydrogens (tertiary/aromatic N) is 1. The number of hydroxylamine groups is 3. The van der Waals surface area contributed by atoms with Crippen molar-refractivity contribution >= 4 is 7.60 Å². The van der Waals surface area contributed by atoms with Crippen LogP contribution in [0.25, 0.3) is 0 Å². The van der Waals surface area contributed by atoms with Gasteiger partial charge in [0.25, 0.3) is 0 Å². The third kappa shape index (κ3) is 2.04. The fourth-order valence-corrected chi connectivity index (χ4v) is 1.94. The maximum absolute atomic E-state index is 11.0. The zero-order chi connectivity index (χ0) is 7.83. The molecule has 1 aliphatic rings. The molecule has 0 bridgehead atoms. The lowest BCUT2D eigenvalue weighted by atomic mass is 10.2. The maximum atomic E-state index is 11.0. The van der Waals surface area contributed by atoms with E-state index in [2.05, 4.69) is 0 Å². The molecule has 60 valence electrons. The van der Waals surface area contributed by atoms with E-state index in [0.717, 1.165) is 6.42 Å². The third-order valence-electron chi connectivity index (χ3n) is 1.57. The van der Waals surface area contributed by atoms with Gasteiger partial charge in [-0.2, -0.15) is 0 Å². The fourth-order valence-electron chi connectivity index (χ4n) is 0.988. The molecule has 5 nitrogen and oxygen atoms in total. The van der Waals surface area contributed by atoms with Crippen LogP contribution in [0, 0.1) is 5.21 Å². The first-order valence-corrected chi connectivity index (χ1v) is 4.83. The topological polar surface area (TPSA) is 80.6 Å². The molecule has 1 saturated heterocycles. The van der Waals surface area contributed by atoms with Crippen LogP contribution in [0.15, 0.2) is 0 Å². The first kappa shape index (κ1) is 8.17. The van der Waals surface area contributed by atoms with Crippen LogP contribution in [-0.2, 0) is 4.57 Å². The van der Waals surface area contributed by atoms with Crippen LogP contribution in [0.4, 0.5) is 0 Å². The molecular formula is C4H10NO4P. The highest BCUT2D eigenvalue weighted by Crippen LogP contribution is 2.40. The van der Waals surface area contributed by atoms with Crippen LogP contribution >= 0.6 is 7.60 Å². The van der Waals surface area contributed by atoms with Crippen molar-refractivity contribution in [2.75, 3.05) is 19.4 Å². The SMILES string of the molecule is O=P(O)(O)C[N+]1([O-])CCC1. The predicted octanol–water partition coefficient (Wildman–Crippen LogP) is -0.160. The molecule has 0 aliphatic carbocycles. The van der Waals surface area contributed by atoms with E-state index in [0.29, 0.717) is 13.1 Å². The van der Waals surface area contributed by atoms with Gasteiger partial charge in [0.2, 0.25) is 0 Å². The van der Waals surface area contributed by atoms with Crippen molar-refractivity contribution < 1.29 is 19.0 Å². The van der Waals surface area contributed by atoms with Gasteiger partial charge in [-0.25, -0.2) is 0 Å². The Morgan fingerprint density at radius 1 is 1.50 bits per heavy atom. The number of rotatable bonds is 2. The first-order chi connectivity index (χ1) is 4.41. The molecule has 0 aromatic heterocycles. The second-order valence-electron chi connectivity index (χ2n) is 2.66. The third-order valence-corrected chi connectivity index (χ3v) is 2.46. The van der Waals surface area contributed by atoms with Gasteiger partial charge >= 0.3 is 7.60 Å². The first-order valence-electron chi connectivity index (χ1n) is 3.03. The molecule has 2 N–H and O–H groups in total. The molecule has 0 saturated carbocycles. The monoisotopic (exact) mass is 167 g/mol. The quantitative estimate of drug-likeness (QED) is 0.340. The number of quaternary nitrogens is 1. The number of hydrogen-bond donors (Lipinski definition) is 2. The van der Waals surface area contributed by atoms with E-state index in [1.54, 1.807) is 0 Å². The molecule has 1 fully saturated rings. The molecule has 0 spiro atoms. The average Bonchev–Trinajstić information content (AvgIpc) is 1.57. The van der Waals surface area contributed by atoms with E-state index in [9.17, 15) is 9.77 Å². The standard InChI is InChI=1S/C4H10NO4P/c6-5(2-1-3-5)4-10(7,8)9/h1-4H2,(H2,7,8,9). The molecule has 0 aromatic rings. The van der Waals surface area contributed by atoms with Gasteiger partial charge in [0.1, 0.15) is 0 Å². The molecule has 0 aromatic carbocycles. The fraction of sp³-hybridized carbons (Fsp3) is 1.00. The summed E-state index contributed by atoms with van der Waals surface area (Å²) in [7, 11) is -4.09. The van der Waals surface area contributed by atoms with Gasteiger partial charge in [-0.15, -0.1) is 0 Å². The summed E-state index contributed by atoms with van der Waals surface area (Å²) in [5, 5.41) is 11.0. The molecule has 6 heteroatoms. The van der Waals surface area contributed by atoms with E-state index in [1.807, 2.05) is 0 Å². The van der Waals surface area contributed by atoms with Crippen molar-refractivity contribution in [1.82, 2.24) is 0 Å². The highest BCUT2D eigenvalue weighted by atomic mass is 31.2. The second-order valence-corrected chi connectivity index (χ2v) is 4.28. The smallest absolute Gasteiger partial charge is 0.379 e. The van der Waals surface area contributed by atoms with Crippen molar-refractivity contribution in [3.63, 3.8) is 0 Å². The summed E-state index contributed by atoms with van der Waals surface area (Å²) in [6.07, 6.45) is 0.233. The van der Waals surface area contributed by atoms with Gasteiger partial charge in [0, 0.05) is 6.42 Å². The number of hydrogen-bond acceptors (Lipinski definition) is 2. The van der Waals surface area contributed by atoms with E-state index >= 15 is 0 Å². The lowest BCUT2D eigenvalue weighted by Crippen LogP contribution is -2.53. The molecule has 0 atom stereocenters. The van der Waals surface area contributed by atoms with Gasteiger partial charge in [0.05, 0.1) is 13.1 Å². The summed E-state index contributed by atoms with van der Waals surface area (Å²) in [5.41, 5.74) is 0. The molecule has 10 heavy (non-hydrogen) atoms. The van der Waals surface area contributed by atoms with Gasteiger partial charge in [-0.1, -0.05) is 0 Å². The molecule has 1 heterocycles. The second kappa shape index (κ2) is 2.29. The molecule has 0 unspecified atom stereocenters. The Hall–Kier alpha value is 0.0700. The summed E-state index contributed by atoms with van der Waals surface area (Å²) in [6.45, 7) is 0.705. The molecular weight excluding hydrogens is 157 g/mol. The van der Waals surface area contributed by atoms with Gasteiger partial charge in [0.15, 0.2) is 6.29 Å². The summed E-state index contributed by atoms with van der Waals surface area (Å²) in [4.78, 5) is 16.8. The Balaban J connectivity index is 2.45. The summed E-state index contributed by atoms with van der Waals surface area (Å²) >= 11 is 0. The van der Waals surface area contributed by atoms with Crippen LogP contribution in [0.2, 0.25) is 0 Å². The van der Waals surface area contributed by atoms with Crippen molar-refractivity contribution in [2.45, 2.75) is 6.42 Å². The van der Waals surface area contributed by atoms with Gasteiger partial charge < -0.3 is 19.6 Å². The summed E-state index contributed by atoms with van der Waals surface area (Å²) in [5.74, 6) is 0. The van der Waals surface area contributed by atoms with Crippen molar-refractivity contribution in [3.05, 3.63) is 5.21 Å². The Morgan fingerprint density at radius 2 is 2.00 bits per heavy atom. The van der Waals surface area contributed by atoms with Crippen LogP contribution in [-0.4, -0.2) is 33.8 Å². The van der Waals surface area contributed by atoms with E-state index in [-0.39, 0.29) is 0 Å². The van der Waals surface area contributed by atoms with Crippen LogP contribution in [0.5, 0.6) is 0 Å². The zero-order valence-corrected chi connectivity index (χ0v) is 6.33. The Morgan fingerprint density at radius 3 is 2.10 bits per heavy atom. The Kier molecular flexibility index (Phi) is 1.87. The van der Waals surface area contributed by atoms with E-state index in [1.165, 1.54) is 0 Å². The zero-order valence-electron chi connectivity index (χ0n) is 5.43. The van der Waals surface area contributed by atoms with Gasteiger partial charge in [-0.05, 0) is 0 Å². The van der Waals surface area contributed by atoms with Crippen molar-refractivity contribution in [1.29, 1.82) is 0 Å². The number of likely N-dealkylation sites (tertiary alicyclic amines) is 1. The largest absolute Gasteiger partial charge is 0.632 e. The highest BCUT2D eigenvalue weighted by molar-refractivity contribution is 7.51. The normalized spacial score (nSPS) is 23.9. The molecule has 0 amide bonds.